The van der Waals surface area contributed by atoms with Gasteiger partial charge in [0.2, 0.25) is 0 Å². The number of aromatic nitrogens is 2. The monoisotopic (exact) mass is 333 g/mol. The van der Waals surface area contributed by atoms with Crippen LogP contribution in [0.2, 0.25) is 0 Å². The number of imidazole rings is 1. The van der Waals surface area contributed by atoms with Crippen molar-refractivity contribution in [2.45, 2.75) is 72.9 Å². The number of nitrogens with zero attached hydrogens (tertiary/aromatic N) is 3. The fourth-order valence-electron chi connectivity index (χ4n) is 3.59. The molecule has 0 radical (unpaired) electrons. The molecular weight excluding hydrogens is 298 g/mol. The summed E-state index contributed by atoms with van der Waals surface area (Å²) in [5.41, 5.74) is 0.465. The van der Waals surface area contributed by atoms with Crippen molar-refractivity contribution in [2.75, 3.05) is 13.1 Å². The van der Waals surface area contributed by atoms with Gasteiger partial charge in [0.25, 0.3) is 0 Å². The lowest BCUT2D eigenvalue weighted by Gasteiger charge is -2.28. The summed E-state index contributed by atoms with van der Waals surface area (Å²) in [6.45, 7) is 12.4. The largest absolute Gasteiger partial charge is 0.357 e. The van der Waals surface area contributed by atoms with Crippen LogP contribution in [-0.4, -0.2) is 28.6 Å². The van der Waals surface area contributed by atoms with Crippen LogP contribution in [0.5, 0.6) is 0 Å². The smallest absolute Gasteiger partial charge is 0.191 e. The van der Waals surface area contributed by atoms with E-state index in [9.17, 15) is 0 Å². The molecule has 1 aliphatic carbocycles. The molecule has 0 unspecified atom stereocenters. The van der Waals surface area contributed by atoms with Crippen LogP contribution in [0.4, 0.5) is 0 Å². The van der Waals surface area contributed by atoms with Gasteiger partial charge in [-0.1, -0.05) is 33.6 Å². The highest BCUT2D eigenvalue weighted by atomic mass is 15.2. The highest BCUT2D eigenvalue weighted by Crippen LogP contribution is 2.40. The molecule has 0 amide bonds. The second-order valence-corrected chi connectivity index (χ2v) is 7.50. The lowest BCUT2D eigenvalue weighted by Crippen LogP contribution is -2.42. The molecule has 5 nitrogen and oxygen atoms in total. The number of rotatable bonds is 8. The van der Waals surface area contributed by atoms with Gasteiger partial charge < -0.3 is 15.2 Å². The van der Waals surface area contributed by atoms with Crippen LogP contribution in [0.3, 0.4) is 0 Å². The summed E-state index contributed by atoms with van der Waals surface area (Å²) < 4.78 is 2.21. The van der Waals surface area contributed by atoms with E-state index < -0.39 is 0 Å². The van der Waals surface area contributed by atoms with Gasteiger partial charge in [0.05, 0.1) is 0 Å². The summed E-state index contributed by atoms with van der Waals surface area (Å²) >= 11 is 0. The molecule has 0 saturated heterocycles. The van der Waals surface area contributed by atoms with Crippen molar-refractivity contribution in [3.63, 3.8) is 0 Å². The molecule has 1 aromatic heterocycles. The van der Waals surface area contributed by atoms with E-state index in [4.69, 9.17) is 4.99 Å². The first-order valence-electron chi connectivity index (χ1n) is 9.61. The Balaban J connectivity index is 1.96. The first kappa shape index (κ1) is 18.8. The zero-order valence-electron chi connectivity index (χ0n) is 15.9. The van der Waals surface area contributed by atoms with Gasteiger partial charge in [0.15, 0.2) is 5.96 Å². The molecule has 0 bridgehead atoms. The van der Waals surface area contributed by atoms with E-state index in [1.807, 2.05) is 6.20 Å². The summed E-state index contributed by atoms with van der Waals surface area (Å²) in [7, 11) is 0. The van der Waals surface area contributed by atoms with E-state index in [0.717, 1.165) is 31.4 Å². The molecule has 2 N–H and O–H groups in total. The predicted molar refractivity (Wildman–Crippen MR) is 101 cm³/mol. The van der Waals surface area contributed by atoms with Crippen LogP contribution in [0, 0.1) is 11.3 Å². The first-order chi connectivity index (χ1) is 11.6. The van der Waals surface area contributed by atoms with Crippen molar-refractivity contribution in [3.8, 4) is 0 Å². The number of hydrogen-bond donors (Lipinski definition) is 2. The lowest BCUT2D eigenvalue weighted by molar-refractivity contribution is 0.283. The van der Waals surface area contributed by atoms with Crippen molar-refractivity contribution in [1.29, 1.82) is 0 Å². The maximum Gasteiger partial charge on any atom is 0.191 e. The van der Waals surface area contributed by atoms with Gasteiger partial charge in [-0.25, -0.2) is 9.98 Å². The van der Waals surface area contributed by atoms with Gasteiger partial charge in [-0.05, 0) is 37.5 Å². The third-order valence-corrected chi connectivity index (χ3v) is 5.13. The van der Waals surface area contributed by atoms with E-state index in [-0.39, 0.29) is 0 Å². The van der Waals surface area contributed by atoms with Crippen molar-refractivity contribution >= 4 is 5.96 Å². The second kappa shape index (κ2) is 9.09. The minimum atomic E-state index is 0.465. The molecule has 2 rings (SSSR count). The quantitative estimate of drug-likeness (QED) is 0.565. The average molecular weight is 334 g/mol. The molecule has 5 heteroatoms. The van der Waals surface area contributed by atoms with Crippen molar-refractivity contribution in [1.82, 2.24) is 20.2 Å². The molecule has 1 fully saturated rings. The molecule has 1 heterocycles. The molecule has 0 aliphatic heterocycles. The predicted octanol–water partition coefficient (Wildman–Crippen LogP) is 3.56. The van der Waals surface area contributed by atoms with Crippen molar-refractivity contribution in [2.24, 2.45) is 16.3 Å². The zero-order chi connectivity index (χ0) is 17.4. The molecule has 0 spiro atoms. The highest BCUT2D eigenvalue weighted by molar-refractivity contribution is 5.79. The average Bonchev–Trinajstić information content (AvgIpc) is 3.20. The van der Waals surface area contributed by atoms with Crippen LogP contribution in [0.15, 0.2) is 17.4 Å². The number of hydrogen-bond acceptors (Lipinski definition) is 2. The standard InChI is InChI=1S/C19H35N5/c1-5-19(9-7-8-10-19)15-23-18(20-6-2)22-13-17-21-11-12-24(17)14-16(3)4/h11-12,16H,5-10,13-15H2,1-4H3,(H2,20,22,23). The summed E-state index contributed by atoms with van der Waals surface area (Å²) in [6, 6.07) is 0. The molecular formula is C19H35N5. The molecule has 136 valence electrons. The lowest BCUT2D eigenvalue weighted by atomic mass is 9.83. The Morgan fingerprint density at radius 1 is 1.29 bits per heavy atom. The van der Waals surface area contributed by atoms with E-state index in [1.165, 1.54) is 32.1 Å². The Labute approximate surface area is 147 Å². The minimum absolute atomic E-state index is 0.465. The minimum Gasteiger partial charge on any atom is -0.357 e. The fourth-order valence-corrected chi connectivity index (χ4v) is 3.59. The number of guanidine groups is 1. The zero-order valence-corrected chi connectivity index (χ0v) is 15.9. The summed E-state index contributed by atoms with van der Waals surface area (Å²) in [5, 5.41) is 6.95. The van der Waals surface area contributed by atoms with Crippen LogP contribution in [0.1, 0.15) is 65.6 Å². The summed E-state index contributed by atoms with van der Waals surface area (Å²) in [4.78, 5) is 9.23. The Morgan fingerprint density at radius 3 is 2.67 bits per heavy atom. The van der Waals surface area contributed by atoms with E-state index >= 15 is 0 Å². The van der Waals surface area contributed by atoms with Crippen LogP contribution >= 0.6 is 0 Å². The van der Waals surface area contributed by atoms with Gasteiger partial charge in [0, 0.05) is 32.0 Å². The molecule has 1 saturated carbocycles. The topological polar surface area (TPSA) is 54.2 Å². The van der Waals surface area contributed by atoms with Crippen molar-refractivity contribution in [3.05, 3.63) is 18.2 Å². The third kappa shape index (κ3) is 5.25. The second-order valence-electron chi connectivity index (χ2n) is 7.50. The highest BCUT2D eigenvalue weighted by Gasteiger charge is 2.31. The van der Waals surface area contributed by atoms with Crippen LogP contribution in [-0.2, 0) is 13.1 Å². The van der Waals surface area contributed by atoms with Crippen molar-refractivity contribution < 1.29 is 0 Å². The first-order valence-corrected chi connectivity index (χ1v) is 9.61. The summed E-state index contributed by atoms with van der Waals surface area (Å²) in [5.74, 6) is 2.56. The normalized spacial score (nSPS) is 17.5. The van der Waals surface area contributed by atoms with Gasteiger partial charge in [-0.2, -0.15) is 0 Å². The number of aliphatic imine (C=N–C) groups is 1. The number of nitrogens with one attached hydrogen (secondary N) is 2. The Bertz CT molecular complexity index is 512. The maximum atomic E-state index is 4.76. The van der Waals surface area contributed by atoms with Gasteiger partial charge in [0.1, 0.15) is 12.4 Å². The Kier molecular flexibility index (Phi) is 7.13. The third-order valence-electron chi connectivity index (χ3n) is 5.13. The Hall–Kier alpha value is -1.52. The molecule has 0 aromatic carbocycles. The maximum absolute atomic E-state index is 4.76. The van der Waals surface area contributed by atoms with Gasteiger partial charge >= 0.3 is 0 Å². The van der Waals surface area contributed by atoms with Gasteiger partial charge in [-0.15, -0.1) is 0 Å². The van der Waals surface area contributed by atoms with Crippen LogP contribution in [0.25, 0.3) is 0 Å². The summed E-state index contributed by atoms with van der Waals surface area (Å²) in [6.07, 6.45) is 10.6. The molecule has 1 aromatic rings. The fraction of sp³-hybridized carbons (Fsp3) is 0.789. The van der Waals surface area contributed by atoms with E-state index in [0.29, 0.717) is 17.9 Å². The Morgan fingerprint density at radius 2 is 2.04 bits per heavy atom. The van der Waals surface area contributed by atoms with Crippen LogP contribution < -0.4 is 10.6 Å². The molecule has 1 aliphatic rings. The molecule has 24 heavy (non-hydrogen) atoms. The van der Waals surface area contributed by atoms with Gasteiger partial charge in [-0.3, -0.25) is 0 Å². The molecule has 0 atom stereocenters. The SMILES string of the molecule is CCNC(=NCc1nccn1CC(C)C)NCC1(CC)CCCC1. The van der Waals surface area contributed by atoms with E-state index in [2.05, 4.69) is 54.1 Å². The van der Waals surface area contributed by atoms with E-state index in [1.54, 1.807) is 0 Å².